The molecule has 1 amide bonds. The molecule has 0 aromatic heterocycles. The second-order valence-corrected chi connectivity index (χ2v) is 7.14. The van der Waals surface area contributed by atoms with Gasteiger partial charge in [-0.1, -0.05) is 17.7 Å². The largest absolute Gasteiger partial charge is 0.466 e. The van der Waals surface area contributed by atoms with E-state index in [1.807, 2.05) is 0 Å². The van der Waals surface area contributed by atoms with Crippen LogP contribution < -0.4 is 0 Å². The zero-order valence-electron chi connectivity index (χ0n) is 14.7. The molecule has 25 heavy (non-hydrogen) atoms. The normalized spacial score (nSPS) is 15.2. The predicted octanol–water partition coefficient (Wildman–Crippen LogP) is 4.05. The molecule has 0 atom stereocenters. The van der Waals surface area contributed by atoms with Gasteiger partial charge in [-0.05, 0) is 50.5 Å². The summed E-state index contributed by atoms with van der Waals surface area (Å²) >= 11 is 5.85. The van der Waals surface area contributed by atoms with Crippen LogP contribution in [0.3, 0.4) is 0 Å². The van der Waals surface area contributed by atoms with Gasteiger partial charge in [-0.2, -0.15) is 0 Å². The fraction of sp³-hybridized carbons (Fsp3) is 0.444. The number of carbonyl (C=O) groups excluding carboxylic acids is 2. The summed E-state index contributed by atoms with van der Waals surface area (Å²) in [6, 6.07) is 4.28. The molecule has 0 aliphatic carbocycles. The van der Waals surface area contributed by atoms with Gasteiger partial charge in [0.2, 0.25) is 0 Å². The molecule has 1 heterocycles. The summed E-state index contributed by atoms with van der Waals surface area (Å²) in [5.74, 6) is -1.07. The van der Waals surface area contributed by atoms with E-state index in [9.17, 15) is 14.0 Å². The minimum absolute atomic E-state index is 0.0243. The van der Waals surface area contributed by atoms with E-state index in [4.69, 9.17) is 21.1 Å². The number of rotatable bonds is 2. The van der Waals surface area contributed by atoms with Gasteiger partial charge in [-0.15, -0.1) is 0 Å². The molecule has 0 radical (unpaired) electrons. The third-order valence-electron chi connectivity index (χ3n) is 3.70. The van der Waals surface area contributed by atoms with Gasteiger partial charge in [0.05, 0.1) is 24.3 Å². The van der Waals surface area contributed by atoms with Crippen molar-refractivity contribution in [2.24, 2.45) is 0 Å². The van der Waals surface area contributed by atoms with Crippen LogP contribution in [0.4, 0.5) is 9.18 Å². The molecule has 136 valence electrons. The molecular weight excluding hydrogens is 349 g/mol. The summed E-state index contributed by atoms with van der Waals surface area (Å²) in [7, 11) is 1.27. The van der Waals surface area contributed by atoms with Crippen LogP contribution in [0, 0.1) is 5.82 Å². The molecule has 5 nitrogen and oxygen atoms in total. The highest BCUT2D eigenvalue weighted by Gasteiger charge is 2.30. The van der Waals surface area contributed by atoms with E-state index in [2.05, 4.69) is 0 Å². The molecule has 7 heteroatoms. The molecule has 1 aliphatic rings. The molecule has 1 aromatic carbocycles. The number of hydrogen-bond donors (Lipinski definition) is 0. The van der Waals surface area contributed by atoms with Crippen LogP contribution in [0.5, 0.6) is 0 Å². The van der Waals surface area contributed by atoms with Crippen LogP contribution >= 0.6 is 11.6 Å². The summed E-state index contributed by atoms with van der Waals surface area (Å²) in [5, 5.41) is -0.0243. The molecule has 0 saturated heterocycles. The van der Waals surface area contributed by atoms with Gasteiger partial charge >= 0.3 is 12.1 Å². The first kappa shape index (κ1) is 19.2. The lowest BCUT2D eigenvalue weighted by Gasteiger charge is -2.32. The number of carbonyl (C=O) groups is 2. The molecule has 0 saturated carbocycles. The minimum Gasteiger partial charge on any atom is -0.466 e. The highest BCUT2D eigenvalue weighted by molar-refractivity contribution is 6.30. The van der Waals surface area contributed by atoms with Crippen molar-refractivity contribution in [3.8, 4) is 0 Å². The average Bonchev–Trinajstić information content (AvgIpc) is 2.54. The standard InChI is InChI=1S/C18H21ClFNO4/c1-18(2,3)25-17(23)21-8-7-12(13(10-21)16(22)24-4)11-5-6-15(20)14(19)9-11/h5-6,9H,7-8,10H2,1-4H3. The number of benzene rings is 1. The monoisotopic (exact) mass is 369 g/mol. The Hall–Kier alpha value is -2.08. The molecule has 0 N–H and O–H groups in total. The van der Waals surface area contributed by atoms with Crippen LogP contribution in [0.2, 0.25) is 5.02 Å². The van der Waals surface area contributed by atoms with Gasteiger partial charge in [0.15, 0.2) is 0 Å². The predicted molar refractivity (Wildman–Crippen MR) is 92.8 cm³/mol. The minimum atomic E-state index is -0.628. The summed E-state index contributed by atoms with van der Waals surface area (Å²) in [6.07, 6.45) is -0.0869. The van der Waals surface area contributed by atoms with E-state index in [0.29, 0.717) is 29.7 Å². The van der Waals surface area contributed by atoms with E-state index in [1.54, 1.807) is 26.8 Å². The third-order valence-corrected chi connectivity index (χ3v) is 3.99. The van der Waals surface area contributed by atoms with Crippen molar-refractivity contribution in [2.45, 2.75) is 32.8 Å². The zero-order valence-corrected chi connectivity index (χ0v) is 15.4. The fourth-order valence-corrected chi connectivity index (χ4v) is 2.74. The van der Waals surface area contributed by atoms with Crippen LogP contribution in [-0.2, 0) is 14.3 Å². The second kappa shape index (κ2) is 7.44. The molecule has 0 fully saturated rings. The molecule has 0 bridgehead atoms. The third kappa shape index (κ3) is 4.72. The maximum Gasteiger partial charge on any atom is 0.410 e. The Morgan fingerprint density at radius 3 is 2.52 bits per heavy atom. The Labute approximate surface area is 151 Å². The Morgan fingerprint density at radius 1 is 1.28 bits per heavy atom. The summed E-state index contributed by atoms with van der Waals surface area (Å²) in [5.41, 5.74) is 1.03. The van der Waals surface area contributed by atoms with E-state index < -0.39 is 23.5 Å². The van der Waals surface area contributed by atoms with Gasteiger partial charge in [0.25, 0.3) is 0 Å². The first-order chi connectivity index (χ1) is 11.6. The molecular formula is C18H21ClFNO4. The molecule has 1 aliphatic heterocycles. The molecule has 0 unspecified atom stereocenters. The topological polar surface area (TPSA) is 55.8 Å². The SMILES string of the molecule is COC(=O)C1=C(c2ccc(F)c(Cl)c2)CCN(C(=O)OC(C)(C)C)C1. The first-order valence-corrected chi connectivity index (χ1v) is 8.24. The summed E-state index contributed by atoms with van der Waals surface area (Å²) < 4.78 is 23.6. The quantitative estimate of drug-likeness (QED) is 0.738. The fourth-order valence-electron chi connectivity index (χ4n) is 2.56. The highest BCUT2D eigenvalue weighted by atomic mass is 35.5. The summed E-state index contributed by atoms with van der Waals surface area (Å²) in [4.78, 5) is 25.9. The lowest BCUT2D eigenvalue weighted by Crippen LogP contribution is -2.41. The number of esters is 1. The second-order valence-electron chi connectivity index (χ2n) is 6.73. The lowest BCUT2D eigenvalue weighted by molar-refractivity contribution is -0.136. The van der Waals surface area contributed by atoms with E-state index in [1.165, 1.54) is 24.1 Å². The number of halogens is 2. The number of ether oxygens (including phenoxy) is 2. The maximum absolute atomic E-state index is 13.4. The number of hydrogen-bond acceptors (Lipinski definition) is 4. The van der Waals surface area contributed by atoms with Gasteiger partial charge in [0.1, 0.15) is 11.4 Å². The first-order valence-electron chi connectivity index (χ1n) is 7.86. The maximum atomic E-state index is 13.4. The van der Waals surface area contributed by atoms with Crippen molar-refractivity contribution >= 4 is 29.2 Å². The molecule has 0 spiro atoms. The molecule has 2 rings (SSSR count). The lowest BCUT2D eigenvalue weighted by atomic mass is 9.93. The Kier molecular flexibility index (Phi) is 5.72. The van der Waals surface area contributed by atoms with Crippen LogP contribution in [0.1, 0.15) is 32.8 Å². The van der Waals surface area contributed by atoms with Crippen molar-refractivity contribution in [3.63, 3.8) is 0 Å². The van der Waals surface area contributed by atoms with Crippen LogP contribution in [-0.4, -0.2) is 42.8 Å². The Morgan fingerprint density at radius 2 is 1.96 bits per heavy atom. The van der Waals surface area contributed by atoms with Crippen molar-refractivity contribution in [2.75, 3.05) is 20.2 Å². The van der Waals surface area contributed by atoms with Gasteiger partial charge in [0, 0.05) is 6.54 Å². The van der Waals surface area contributed by atoms with Crippen molar-refractivity contribution in [1.82, 2.24) is 4.90 Å². The van der Waals surface area contributed by atoms with E-state index >= 15 is 0 Å². The van der Waals surface area contributed by atoms with Crippen molar-refractivity contribution < 1.29 is 23.5 Å². The van der Waals surface area contributed by atoms with Crippen LogP contribution in [0.25, 0.3) is 5.57 Å². The van der Waals surface area contributed by atoms with Crippen molar-refractivity contribution in [1.29, 1.82) is 0 Å². The number of methoxy groups -OCH3 is 1. The zero-order chi connectivity index (χ0) is 18.8. The van der Waals surface area contributed by atoms with Crippen LogP contribution in [0.15, 0.2) is 23.8 Å². The van der Waals surface area contributed by atoms with Gasteiger partial charge in [-0.3, -0.25) is 0 Å². The Balaban J connectivity index is 2.35. The average molecular weight is 370 g/mol. The van der Waals surface area contributed by atoms with Gasteiger partial charge < -0.3 is 14.4 Å². The van der Waals surface area contributed by atoms with Crippen molar-refractivity contribution in [3.05, 3.63) is 40.2 Å². The van der Waals surface area contributed by atoms with E-state index in [-0.39, 0.29) is 11.6 Å². The number of nitrogens with zero attached hydrogens (tertiary/aromatic N) is 1. The smallest absolute Gasteiger partial charge is 0.410 e. The Bertz CT molecular complexity index is 724. The molecule has 1 aromatic rings. The number of amides is 1. The van der Waals surface area contributed by atoms with E-state index in [0.717, 1.165) is 0 Å². The summed E-state index contributed by atoms with van der Waals surface area (Å²) in [6.45, 7) is 5.76. The van der Waals surface area contributed by atoms with Gasteiger partial charge in [-0.25, -0.2) is 14.0 Å². The highest BCUT2D eigenvalue weighted by Crippen LogP contribution is 2.31.